The van der Waals surface area contributed by atoms with Crippen molar-refractivity contribution >= 4 is 17.9 Å². The third-order valence-corrected chi connectivity index (χ3v) is 2.10. The highest BCUT2D eigenvalue weighted by Crippen LogP contribution is 2.17. The van der Waals surface area contributed by atoms with Gasteiger partial charge in [0.1, 0.15) is 0 Å². The molecule has 0 saturated carbocycles. The van der Waals surface area contributed by atoms with Crippen LogP contribution in [-0.2, 0) is 9.53 Å². The van der Waals surface area contributed by atoms with Crippen LogP contribution in [-0.4, -0.2) is 16.9 Å². The van der Waals surface area contributed by atoms with Crippen molar-refractivity contribution in [1.82, 2.24) is 4.98 Å². The van der Waals surface area contributed by atoms with E-state index >= 15 is 0 Å². The van der Waals surface area contributed by atoms with E-state index in [9.17, 15) is 4.79 Å². The number of aromatic nitrogens is 1. The van der Waals surface area contributed by atoms with Gasteiger partial charge in [-0.15, -0.1) is 0 Å². The van der Waals surface area contributed by atoms with Crippen molar-refractivity contribution in [1.29, 1.82) is 0 Å². The molecule has 0 unspecified atom stereocenters. The normalized spacial score (nSPS) is 17.8. The molecule has 0 N–H and O–H groups in total. The molecule has 1 aromatic rings. The molecular formula is C12H12N2O2. The van der Waals surface area contributed by atoms with Gasteiger partial charge in [-0.05, 0) is 18.2 Å². The Kier molecular flexibility index (Phi) is 2.81. The molecule has 0 aliphatic carbocycles. The highest BCUT2D eigenvalue weighted by Gasteiger charge is 2.24. The third-order valence-electron chi connectivity index (χ3n) is 2.10. The quantitative estimate of drug-likeness (QED) is 0.561. The van der Waals surface area contributed by atoms with Crippen LogP contribution < -0.4 is 0 Å². The number of carbonyl (C=O) groups excluding carboxylic acids is 1. The SMILES string of the molecule is CC(C)C1=N/C(=C/c2ccccn2)C(=O)O1. The monoisotopic (exact) mass is 216 g/mol. The van der Waals surface area contributed by atoms with Gasteiger partial charge in [-0.2, -0.15) is 0 Å². The zero-order valence-electron chi connectivity index (χ0n) is 9.18. The fourth-order valence-electron chi connectivity index (χ4n) is 1.27. The molecule has 0 spiro atoms. The van der Waals surface area contributed by atoms with E-state index in [4.69, 9.17) is 4.74 Å². The summed E-state index contributed by atoms with van der Waals surface area (Å²) in [7, 11) is 0. The number of aliphatic imine (C=N–C) groups is 1. The van der Waals surface area contributed by atoms with Crippen LogP contribution in [0.5, 0.6) is 0 Å². The summed E-state index contributed by atoms with van der Waals surface area (Å²) in [6.07, 6.45) is 3.29. The van der Waals surface area contributed by atoms with E-state index in [0.29, 0.717) is 17.3 Å². The average molecular weight is 216 g/mol. The van der Waals surface area contributed by atoms with E-state index in [2.05, 4.69) is 9.98 Å². The Bertz CT molecular complexity index is 461. The summed E-state index contributed by atoms with van der Waals surface area (Å²) in [6.45, 7) is 3.85. The zero-order valence-corrected chi connectivity index (χ0v) is 9.18. The van der Waals surface area contributed by atoms with Gasteiger partial charge >= 0.3 is 5.97 Å². The van der Waals surface area contributed by atoms with Crippen LogP contribution >= 0.6 is 0 Å². The van der Waals surface area contributed by atoms with E-state index in [1.165, 1.54) is 0 Å². The number of cyclic esters (lactones) is 1. The second-order valence-corrected chi connectivity index (χ2v) is 3.78. The molecule has 16 heavy (non-hydrogen) atoms. The minimum Gasteiger partial charge on any atom is -0.407 e. The molecule has 0 amide bonds. The van der Waals surface area contributed by atoms with E-state index in [-0.39, 0.29) is 5.92 Å². The van der Waals surface area contributed by atoms with Crippen LogP contribution in [0.25, 0.3) is 6.08 Å². The lowest BCUT2D eigenvalue weighted by Crippen LogP contribution is -2.09. The minimum atomic E-state index is -0.408. The largest absolute Gasteiger partial charge is 0.407 e. The van der Waals surface area contributed by atoms with Crippen molar-refractivity contribution in [2.45, 2.75) is 13.8 Å². The Balaban J connectivity index is 2.29. The molecule has 4 nitrogen and oxygen atoms in total. The summed E-state index contributed by atoms with van der Waals surface area (Å²) in [6, 6.07) is 5.48. The molecule has 1 aliphatic rings. The van der Waals surface area contributed by atoms with Crippen LogP contribution in [0.1, 0.15) is 19.5 Å². The predicted molar refractivity (Wildman–Crippen MR) is 60.6 cm³/mol. The first-order valence-corrected chi connectivity index (χ1v) is 5.10. The maximum Gasteiger partial charge on any atom is 0.363 e. The first-order valence-electron chi connectivity index (χ1n) is 5.10. The number of pyridine rings is 1. The topological polar surface area (TPSA) is 51.5 Å². The molecule has 4 heteroatoms. The number of nitrogens with zero attached hydrogens (tertiary/aromatic N) is 2. The molecule has 0 radical (unpaired) electrons. The Morgan fingerprint density at radius 1 is 1.38 bits per heavy atom. The first-order chi connectivity index (χ1) is 7.66. The standard InChI is InChI=1S/C12H12N2O2/c1-8(2)11-14-10(12(15)16-11)7-9-5-3-4-6-13-9/h3-8H,1-2H3/b10-7+. The van der Waals surface area contributed by atoms with Crippen molar-refractivity contribution in [3.05, 3.63) is 35.8 Å². The molecule has 1 aliphatic heterocycles. The lowest BCUT2D eigenvalue weighted by Gasteiger charge is -1.99. The van der Waals surface area contributed by atoms with Crippen molar-refractivity contribution < 1.29 is 9.53 Å². The summed E-state index contributed by atoms with van der Waals surface area (Å²) >= 11 is 0. The Hall–Kier alpha value is -1.97. The zero-order chi connectivity index (χ0) is 11.5. The van der Waals surface area contributed by atoms with E-state index < -0.39 is 5.97 Å². The highest BCUT2D eigenvalue weighted by molar-refractivity contribution is 6.07. The van der Waals surface area contributed by atoms with Crippen LogP contribution in [0.2, 0.25) is 0 Å². The van der Waals surface area contributed by atoms with Crippen LogP contribution in [0.4, 0.5) is 0 Å². The number of hydrogen-bond donors (Lipinski definition) is 0. The number of carbonyl (C=O) groups is 1. The molecule has 82 valence electrons. The van der Waals surface area contributed by atoms with Crippen molar-refractivity contribution in [3.63, 3.8) is 0 Å². The molecule has 0 aromatic carbocycles. The number of ether oxygens (including phenoxy) is 1. The summed E-state index contributed by atoms with van der Waals surface area (Å²) in [4.78, 5) is 19.7. The molecule has 0 fully saturated rings. The molecule has 2 heterocycles. The molecule has 1 aromatic heterocycles. The first kappa shape index (κ1) is 10.5. The molecule has 2 rings (SSSR count). The van der Waals surface area contributed by atoms with E-state index in [1.54, 1.807) is 12.3 Å². The second kappa shape index (κ2) is 4.26. The Morgan fingerprint density at radius 2 is 2.19 bits per heavy atom. The average Bonchev–Trinajstić information content (AvgIpc) is 2.62. The maximum atomic E-state index is 11.5. The van der Waals surface area contributed by atoms with Crippen LogP contribution in [0.3, 0.4) is 0 Å². The molecule has 0 saturated heterocycles. The highest BCUT2D eigenvalue weighted by atomic mass is 16.6. The molecule has 0 bridgehead atoms. The van der Waals surface area contributed by atoms with Gasteiger partial charge in [-0.25, -0.2) is 9.79 Å². The van der Waals surface area contributed by atoms with E-state index in [1.807, 2.05) is 32.0 Å². The van der Waals surface area contributed by atoms with Crippen LogP contribution in [0, 0.1) is 5.92 Å². The van der Waals surface area contributed by atoms with Gasteiger partial charge in [0.25, 0.3) is 0 Å². The van der Waals surface area contributed by atoms with Crippen molar-refractivity contribution in [2.24, 2.45) is 10.9 Å². The Labute approximate surface area is 93.7 Å². The lowest BCUT2D eigenvalue weighted by molar-refractivity contribution is -0.130. The van der Waals surface area contributed by atoms with Crippen molar-refractivity contribution in [2.75, 3.05) is 0 Å². The smallest absolute Gasteiger partial charge is 0.363 e. The van der Waals surface area contributed by atoms with Crippen LogP contribution in [0.15, 0.2) is 35.1 Å². The minimum absolute atomic E-state index is 0.110. The van der Waals surface area contributed by atoms with Gasteiger partial charge in [-0.3, -0.25) is 4.98 Å². The number of rotatable bonds is 2. The van der Waals surface area contributed by atoms with E-state index in [0.717, 1.165) is 0 Å². The van der Waals surface area contributed by atoms with Gasteiger partial charge in [0.15, 0.2) is 5.70 Å². The van der Waals surface area contributed by atoms with Gasteiger partial charge < -0.3 is 4.74 Å². The van der Waals surface area contributed by atoms with Gasteiger partial charge in [0.2, 0.25) is 5.90 Å². The van der Waals surface area contributed by atoms with Crippen molar-refractivity contribution in [3.8, 4) is 0 Å². The molecular weight excluding hydrogens is 204 g/mol. The summed E-state index contributed by atoms with van der Waals surface area (Å²) < 4.78 is 5.02. The summed E-state index contributed by atoms with van der Waals surface area (Å²) in [5.74, 6) is 0.167. The van der Waals surface area contributed by atoms with Gasteiger partial charge in [0.05, 0.1) is 5.69 Å². The van der Waals surface area contributed by atoms with Gasteiger partial charge in [0, 0.05) is 12.1 Å². The maximum absolute atomic E-state index is 11.5. The molecule has 0 atom stereocenters. The summed E-state index contributed by atoms with van der Waals surface area (Å²) in [5, 5.41) is 0. The Morgan fingerprint density at radius 3 is 2.75 bits per heavy atom. The second-order valence-electron chi connectivity index (χ2n) is 3.78. The lowest BCUT2D eigenvalue weighted by atomic mass is 10.2. The predicted octanol–water partition coefficient (Wildman–Crippen LogP) is 2.03. The summed E-state index contributed by atoms with van der Waals surface area (Å²) in [5.41, 5.74) is 1.01. The fourth-order valence-corrected chi connectivity index (χ4v) is 1.27. The fraction of sp³-hybridized carbons (Fsp3) is 0.250. The number of esters is 1. The third kappa shape index (κ3) is 2.16. The number of hydrogen-bond acceptors (Lipinski definition) is 4. The van der Waals surface area contributed by atoms with Gasteiger partial charge in [-0.1, -0.05) is 19.9 Å².